The van der Waals surface area contributed by atoms with E-state index in [0.717, 1.165) is 12.8 Å². The molecule has 21 heavy (non-hydrogen) atoms. The average Bonchev–Trinajstić information content (AvgIpc) is 3.18. The second kappa shape index (κ2) is 6.58. The predicted octanol–water partition coefficient (Wildman–Crippen LogP) is 1.88. The van der Waals surface area contributed by atoms with Crippen molar-refractivity contribution in [3.05, 3.63) is 35.9 Å². The number of rotatable bonds is 7. The smallest absolute Gasteiger partial charge is 0.237 e. The molecular weight excluding hydrogens is 264 g/mol. The molecule has 1 N–H and O–H groups in total. The van der Waals surface area contributed by atoms with Crippen LogP contribution < -0.4 is 0 Å². The molecule has 0 heterocycles. The number of hydrogen-bond acceptors (Lipinski definition) is 3. The van der Waals surface area contributed by atoms with E-state index in [9.17, 15) is 9.90 Å². The highest BCUT2D eigenvalue weighted by Crippen LogP contribution is 2.28. The Hall–Kier alpha value is -1.39. The summed E-state index contributed by atoms with van der Waals surface area (Å²) in [5.41, 5.74) is 0.390. The molecule has 0 atom stereocenters. The van der Waals surface area contributed by atoms with Gasteiger partial charge in [0.05, 0.1) is 12.1 Å². The zero-order valence-electron chi connectivity index (χ0n) is 13.2. The van der Waals surface area contributed by atoms with E-state index >= 15 is 0 Å². The van der Waals surface area contributed by atoms with Crippen molar-refractivity contribution in [1.29, 1.82) is 0 Å². The summed E-state index contributed by atoms with van der Waals surface area (Å²) in [6, 6.07) is 10.5. The standard InChI is InChI=1S/C17H26N2O2/c1-17(2,21)13-18(3)12-16(20)19(15-9-10-15)11-14-7-5-4-6-8-14/h4-8,15,21H,9-13H2,1-3H3. The lowest BCUT2D eigenvalue weighted by Crippen LogP contribution is -2.44. The molecule has 4 heteroatoms. The van der Waals surface area contributed by atoms with E-state index in [1.165, 1.54) is 5.56 Å². The maximum atomic E-state index is 12.5. The topological polar surface area (TPSA) is 43.8 Å². The molecule has 1 saturated carbocycles. The fraction of sp³-hybridized carbons (Fsp3) is 0.588. The first-order valence-electron chi connectivity index (χ1n) is 7.59. The van der Waals surface area contributed by atoms with Gasteiger partial charge in [-0.2, -0.15) is 0 Å². The van der Waals surface area contributed by atoms with Crippen molar-refractivity contribution in [3.63, 3.8) is 0 Å². The number of likely N-dealkylation sites (N-methyl/N-ethyl adjacent to an activating group) is 1. The summed E-state index contributed by atoms with van der Waals surface area (Å²) in [6.07, 6.45) is 2.21. The van der Waals surface area contributed by atoms with Gasteiger partial charge < -0.3 is 10.0 Å². The summed E-state index contributed by atoms with van der Waals surface area (Å²) in [5.74, 6) is 0.146. The lowest BCUT2D eigenvalue weighted by molar-refractivity contribution is -0.133. The van der Waals surface area contributed by atoms with Gasteiger partial charge in [0.15, 0.2) is 0 Å². The highest BCUT2D eigenvalue weighted by Gasteiger charge is 2.33. The van der Waals surface area contributed by atoms with Crippen LogP contribution in [0.3, 0.4) is 0 Å². The quantitative estimate of drug-likeness (QED) is 0.834. The van der Waals surface area contributed by atoms with Gasteiger partial charge in [-0.05, 0) is 39.3 Å². The van der Waals surface area contributed by atoms with Crippen molar-refractivity contribution >= 4 is 5.91 Å². The Morgan fingerprint density at radius 2 is 1.90 bits per heavy atom. The summed E-state index contributed by atoms with van der Waals surface area (Å²) in [6.45, 7) is 5.05. The molecule has 1 aliphatic rings. The van der Waals surface area contributed by atoms with Gasteiger partial charge in [-0.1, -0.05) is 30.3 Å². The first-order valence-corrected chi connectivity index (χ1v) is 7.59. The van der Waals surface area contributed by atoms with E-state index < -0.39 is 5.60 Å². The molecule has 0 aromatic heterocycles. The third kappa shape index (κ3) is 5.48. The summed E-state index contributed by atoms with van der Waals surface area (Å²) >= 11 is 0. The number of aliphatic hydroxyl groups is 1. The summed E-state index contributed by atoms with van der Waals surface area (Å²) in [7, 11) is 1.88. The van der Waals surface area contributed by atoms with Crippen molar-refractivity contribution in [2.45, 2.75) is 44.9 Å². The molecule has 0 unspecified atom stereocenters. The maximum absolute atomic E-state index is 12.5. The molecule has 1 aromatic rings. The lowest BCUT2D eigenvalue weighted by atomic mass is 10.1. The molecule has 4 nitrogen and oxygen atoms in total. The van der Waals surface area contributed by atoms with Gasteiger partial charge in [-0.25, -0.2) is 0 Å². The zero-order chi connectivity index (χ0) is 15.5. The lowest BCUT2D eigenvalue weighted by Gasteiger charge is -2.28. The first-order chi connectivity index (χ1) is 9.85. The average molecular weight is 290 g/mol. The van der Waals surface area contributed by atoms with Crippen molar-refractivity contribution in [1.82, 2.24) is 9.80 Å². The minimum atomic E-state index is -0.779. The van der Waals surface area contributed by atoms with Gasteiger partial charge in [0.1, 0.15) is 0 Å². The van der Waals surface area contributed by atoms with Crippen LogP contribution in [0.1, 0.15) is 32.3 Å². The van der Waals surface area contributed by atoms with Gasteiger partial charge >= 0.3 is 0 Å². The highest BCUT2D eigenvalue weighted by atomic mass is 16.3. The van der Waals surface area contributed by atoms with Gasteiger partial charge in [0, 0.05) is 19.1 Å². The van der Waals surface area contributed by atoms with E-state index in [-0.39, 0.29) is 5.91 Å². The van der Waals surface area contributed by atoms with Crippen LogP contribution in [-0.4, -0.2) is 52.6 Å². The number of amides is 1. The van der Waals surface area contributed by atoms with E-state index in [2.05, 4.69) is 12.1 Å². The summed E-state index contributed by atoms with van der Waals surface area (Å²) in [5, 5.41) is 9.83. The fourth-order valence-corrected chi connectivity index (χ4v) is 2.63. The van der Waals surface area contributed by atoms with Gasteiger partial charge in [-0.3, -0.25) is 9.69 Å². The van der Waals surface area contributed by atoms with E-state index in [1.807, 2.05) is 35.0 Å². The third-order valence-corrected chi connectivity index (χ3v) is 3.57. The molecule has 1 fully saturated rings. The molecule has 0 saturated heterocycles. The molecule has 1 aliphatic carbocycles. The second-order valence-corrected chi connectivity index (χ2v) is 6.72. The Bertz CT molecular complexity index is 463. The van der Waals surface area contributed by atoms with Crippen LogP contribution in [0.2, 0.25) is 0 Å². The minimum absolute atomic E-state index is 0.146. The normalized spacial score (nSPS) is 15.3. The third-order valence-electron chi connectivity index (χ3n) is 3.57. The Labute approximate surface area is 127 Å². The van der Waals surface area contributed by atoms with Crippen LogP contribution in [0, 0.1) is 0 Å². The van der Waals surface area contributed by atoms with Crippen molar-refractivity contribution < 1.29 is 9.90 Å². The molecule has 0 aliphatic heterocycles. The molecular formula is C17H26N2O2. The Balaban J connectivity index is 1.93. The maximum Gasteiger partial charge on any atom is 0.237 e. The van der Waals surface area contributed by atoms with Crippen LogP contribution in [0.15, 0.2) is 30.3 Å². The van der Waals surface area contributed by atoms with Gasteiger partial charge in [0.25, 0.3) is 0 Å². The molecule has 0 spiro atoms. The van der Waals surface area contributed by atoms with Crippen LogP contribution in [-0.2, 0) is 11.3 Å². The summed E-state index contributed by atoms with van der Waals surface area (Å²) < 4.78 is 0. The van der Waals surface area contributed by atoms with E-state index in [1.54, 1.807) is 13.8 Å². The SMILES string of the molecule is CN(CC(=O)N(Cc1ccccc1)C1CC1)CC(C)(C)O. The molecule has 1 aromatic carbocycles. The van der Waals surface area contributed by atoms with Gasteiger partial charge in [-0.15, -0.1) is 0 Å². The highest BCUT2D eigenvalue weighted by molar-refractivity contribution is 5.79. The largest absolute Gasteiger partial charge is 0.389 e. The predicted molar refractivity (Wildman–Crippen MR) is 83.8 cm³/mol. The fourth-order valence-electron chi connectivity index (χ4n) is 2.63. The van der Waals surface area contributed by atoms with Crippen LogP contribution in [0.25, 0.3) is 0 Å². The monoisotopic (exact) mass is 290 g/mol. The number of hydrogen-bond donors (Lipinski definition) is 1. The van der Waals surface area contributed by atoms with Crippen LogP contribution in [0.4, 0.5) is 0 Å². The minimum Gasteiger partial charge on any atom is -0.389 e. The molecule has 1 amide bonds. The first kappa shape index (κ1) is 16.0. The number of nitrogens with zero attached hydrogens (tertiary/aromatic N) is 2. The Morgan fingerprint density at radius 1 is 1.29 bits per heavy atom. The molecule has 116 valence electrons. The van der Waals surface area contributed by atoms with Crippen molar-refractivity contribution in [3.8, 4) is 0 Å². The van der Waals surface area contributed by atoms with Crippen molar-refractivity contribution in [2.24, 2.45) is 0 Å². The second-order valence-electron chi connectivity index (χ2n) is 6.72. The van der Waals surface area contributed by atoms with E-state index in [4.69, 9.17) is 0 Å². The number of carbonyl (C=O) groups is 1. The van der Waals surface area contributed by atoms with Crippen LogP contribution in [0.5, 0.6) is 0 Å². The molecule has 0 radical (unpaired) electrons. The molecule has 0 bridgehead atoms. The molecule has 2 rings (SSSR count). The Kier molecular flexibility index (Phi) is 5.01. The van der Waals surface area contributed by atoms with Gasteiger partial charge in [0.2, 0.25) is 5.91 Å². The Morgan fingerprint density at radius 3 is 2.43 bits per heavy atom. The van der Waals surface area contributed by atoms with Crippen LogP contribution >= 0.6 is 0 Å². The number of benzene rings is 1. The zero-order valence-corrected chi connectivity index (χ0v) is 13.2. The summed E-state index contributed by atoms with van der Waals surface area (Å²) in [4.78, 5) is 16.4. The van der Waals surface area contributed by atoms with Crippen molar-refractivity contribution in [2.75, 3.05) is 20.1 Å². The van der Waals surface area contributed by atoms with E-state index in [0.29, 0.717) is 25.7 Å². The number of carbonyl (C=O) groups excluding carboxylic acids is 1.